The Balaban J connectivity index is 1.52. The van der Waals surface area contributed by atoms with Crippen LogP contribution >= 0.6 is 0 Å². The van der Waals surface area contributed by atoms with E-state index in [1.807, 2.05) is 42.6 Å². The van der Waals surface area contributed by atoms with Crippen molar-refractivity contribution in [3.63, 3.8) is 0 Å². The van der Waals surface area contributed by atoms with Gasteiger partial charge >= 0.3 is 0 Å². The number of pyridine rings is 1. The minimum Gasteiger partial charge on any atom is -0.290 e. The van der Waals surface area contributed by atoms with E-state index in [1.165, 1.54) is 33.2 Å². The lowest BCUT2D eigenvalue weighted by Gasteiger charge is -2.17. The molecule has 0 N–H and O–H groups in total. The number of nitrogens with zero attached hydrogens (tertiary/aromatic N) is 4. The third-order valence-electron chi connectivity index (χ3n) is 8.42. The van der Waals surface area contributed by atoms with Gasteiger partial charge in [0.05, 0.1) is 27.9 Å². The molecule has 3 aromatic heterocycles. The third-order valence-corrected chi connectivity index (χ3v) is 8.42. The Morgan fingerprint density at radius 3 is 1.81 bits per heavy atom. The zero-order chi connectivity index (χ0) is 28.3. The van der Waals surface area contributed by atoms with Crippen LogP contribution in [0.15, 0.2) is 146 Å². The number of para-hydroxylation sites is 2. The molecule has 43 heavy (non-hydrogen) atoms. The van der Waals surface area contributed by atoms with Crippen molar-refractivity contribution >= 4 is 21.9 Å². The first-order chi connectivity index (χ1) is 21.4. The van der Waals surface area contributed by atoms with Gasteiger partial charge in [0.2, 0.25) is 0 Å². The van der Waals surface area contributed by atoms with Gasteiger partial charge in [-0.15, -0.1) is 0 Å². The molecule has 0 aliphatic heterocycles. The van der Waals surface area contributed by atoms with Crippen LogP contribution in [0.3, 0.4) is 0 Å². The Bertz CT molecular complexity index is 2340. The molecule has 5 aromatic carbocycles. The van der Waals surface area contributed by atoms with Crippen molar-refractivity contribution in [3.05, 3.63) is 146 Å². The van der Waals surface area contributed by atoms with Gasteiger partial charge in [0.15, 0.2) is 5.82 Å². The number of aromatic nitrogens is 4. The lowest BCUT2D eigenvalue weighted by molar-refractivity contribution is 1.04. The van der Waals surface area contributed by atoms with Gasteiger partial charge in [-0.3, -0.25) is 9.55 Å². The third kappa shape index (κ3) is 3.53. The summed E-state index contributed by atoms with van der Waals surface area (Å²) in [6.45, 7) is 0. The fraction of sp³-hybridized carbons (Fsp3) is 0. The minimum absolute atomic E-state index is 0.783. The van der Waals surface area contributed by atoms with Crippen molar-refractivity contribution < 1.29 is 0 Å². The zero-order valence-corrected chi connectivity index (χ0v) is 23.1. The van der Waals surface area contributed by atoms with Gasteiger partial charge in [0.1, 0.15) is 5.69 Å². The molecule has 0 bridgehead atoms. The molecular weight excluding hydrogens is 524 g/mol. The molecule has 0 unspecified atom stereocenters. The molecule has 0 spiro atoms. The highest BCUT2D eigenvalue weighted by molar-refractivity contribution is 6.17. The van der Waals surface area contributed by atoms with Crippen LogP contribution in [0.2, 0.25) is 0 Å². The Hall–Kier alpha value is -5.87. The summed E-state index contributed by atoms with van der Waals surface area (Å²) in [6.07, 6.45) is 1.87. The zero-order valence-electron chi connectivity index (χ0n) is 23.1. The molecule has 0 saturated heterocycles. The molecule has 0 radical (unpaired) electrons. The minimum atomic E-state index is 0.783. The van der Waals surface area contributed by atoms with E-state index in [0.717, 1.165) is 50.6 Å². The van der Waals surface area contributed by atoms with Gasteiger partial charge in [0.25, 0.3) is 0 Å². The number of fused-ring (bicyclic) bond motifs is 6. The molecular formula is C39H24N4. The van der Waals surface area contributed by atoms with Crippen LogP contribution in [0.4, 0.5) is 0 Å². The molecule has 8 aromatic rings. The van der Waals surface area contributed by atoms with E-state index in [4.69, 9.17) is 15.0 Å². The van der Waals surface area contributed by atoms with Gasteiger partial charge < -0.3 is 0 Å². The van der Waals surface area contributed by atoms with Crippen LogP contribution in [0.5, 0.6) is 0 Å². The molecule has 1 aliphatic carbocycles. The predicted octanol–water partition coefficient (Wildman–Crippen LogP) is 9.62. The predicted molar refractivity (Wildman–Crippen MR) is 175 cm³/mol. The summed E-state index contributed by atoms with van der Waals surface area (Å²) in [5.41, 5.74) is 13.7. The van der Waals surface area contributed by atoms with E-state index in [-0.39, 0.29) is 0 Å². The first kappa shape index (κ1) is 23.8. The average molecular weight is 549 g/mol. The molecule has 0 fully saturated rings. The van der Waals surface area contributed by atoms with Gasteiger partial charge in [-0.05, 0) is 58.1 Å². The number of rotatable bonds is 3. The van der Waals surface area contributed by atoms with Crippen molar-refractivity contribution in [3.8, 4) is 61.8 Å². The van der Waals surface area contributed by atoms with Crippen LogP contribution < -0.4 is 0 Å². The highest BCUT2D eigenvalue weighted by Crippen LogP contribution is 2.52. The Morgan fingerprint density at radius 2 is 1.07 bits per heavy atom. The van der Waals surface area contributed by atoms with Crippen LogP contribution in [-0.4, -0.2) is 19.5 Å². The maximum atomic E-state index is 5.35. The van der Waals surface area contributed by atoms with E-state index in [9.17, 15) is 0 Å². The second-order valence-electron chi connectivity index (χ2n) is 10.8. The number of hydrogen-bond acceptors (Lipinski definition) is 3. The highest BCUT2D eigenvalue weighted by atomic mass is 15.1. The Labute approximate surface area is 248 Å². The SMILES string of the molecule is c1ccc(-c2nc3ccccc3nc2-n2c(-c3ccccn3)c3c4c(cccc42)-c2ccccc2-c2ccccc2-3)cc1. The molecule has 0 saturated carbocycles. The fourth-order valence-electron chi connectivity index (χ4n) is 6.62. The van der Waals surface area contributed by atoms with Crippen LogP contribution in [-0.2, 0) is 0 Å². The summed E-state index contributed by atoms with van der Waals surface area (Å²) in [7, 11) is 0. The van der Waals surface area contributed by atoms with E-state index < -0.39 is 0 Å². The smallest absolute Gasteiger partial charge is 0.165 e. The summed E-state index contributed by atoms with van der Waals surface area (Å²) >= 11 is 0. The lowest BCUT2D eigenvalue weighted by Crippen LogP contribution is -2.06. The summed E-state index contributed by atoms with van der Waals surface area (Å²) in [6, 6.07) is 48.6. The van der Waals surface area contributed by atoms with Gasteiger partial charge in [-0.1, -0.05) is 109 Å². The largest absolute Gasteiger partial charge is 0.290 e. The van der Waals surface area contributed by atoms with Crippen LogP contribution in [0.1, 0.15) is 0 Å². The molecule has 3 heterocycles. The molecule has 0 atom stereocenters. The maximum absolute atomic E-state index is 5.35. The Kier molecular flexibility index (Phi) is 5.16. The number of hydrogen-bond donors (Lipinski definition) is 0. The first-order valence-electron chi connectivity index (χ1n) is 14.5. The number of benzene rings is 5. The van der Waals surface area contributed by atoms with Crippen molar-refractivity contribution in [2.75, 3.05) is 0 Å². The monoisotopic (exact) mass is 548 g/mol. The van der Waals surface area contributed by atoms with Gasteiger partial charge in [-0.2, -0.15) is 0 Å². The molecule has 9 rings (SSSR count). The second-order valence-corrected chi connectivity index (χ2v) is 10.8. The Morgan fingerprint density at radius 1 is 0.465 bits per heavy atom. The molecule has 200 valence electrons. The molecule has 4 nitrogen and oxygen atoms in total. The second kappa shape index (κ2) is 9.33. The molecule has 0 amide bonds. The normalized spacial score (nSPS) is 11.7. The first-order valence-corrected chi connectivity index (χ1v) is 14.5. The summed E-state index contributed by atoms with van der Waals surface area (Å²) in [4.78, 5) is 15.5. The highest BCUT2D eigenvalue weighted by Gasteiger charge is 2.30. The van der Waals surface area contributed by atoms with Gasteiger partial charge in [0, 0.05) is 22.7 Å². The topological polar surface area (TPSA) is 43.6 Å². The molecule has 4 heteroatoms. The van der Waals surface area contributed by atoms with Crippen molar-refractivity contribution in [1.82, 2.24) is 19.5 Å². The lowest BCUT2D eigenvalue weighted by atomic mass is 9.93. The quantitative estimate of drug-likeness (QED) is 0.221. The van der Waals surface area contributed by atoms with Crippen molar-refractivity contribution in [2.45, 2.75) is 0 Å². The van der Waals surface area contributed by atoms with E-state index >= 15 is 0 Å². The van der Waals surface area contributed by atoms with E-state index in [1.54, 1.807) is 0 Å². The van der Waals surface area contributed by atoms with Crippen LogP contribution in [0.25, 0.3) is 83.8 Å². The summed E-state index contributed by atoms with van der Waals surface area (Å²) < 4.78 is 2.29. The maximum Gasteiger partial charge on any atom is 0.165 e. The van der Waals surface area contributed by atoms with E-state index in [2.05, 4.69) is 108 Å². The summed E-state index contributed by atoms with van der Waals surface area (Å²) in [5.74, 6) is 0.783. The molecule has 1 aliphatic rings. The van der Waals surface area contributed by atoms with Crippen LogP contribution in [0, 0.1) is 0 Å². The standard InChI is InChI=1S/C39H24N4/c1-2-13-25(14-3-1)37-39(42-32-21-9-8-20-31(32)41-37)43-34-23-12-19-29-27-16-5-4-15-26(27)28-17-6-7-18-30(28)36(35(29)34)38(43)33-22-10-11-24-40-33/h1-24H. The van der Waals surface area contributed by atoms with Crippen molar-refractivity contribution in [1.29, 1.82) is 0 Å². The van der Waals surface area contributed by atoms with Gasteiger partial charge in [-0.25, -0.2) is 9.97 Å². The fourth-order valence-corrected chi connectivity index (χ4v) is 6.62. The average Bonchev–Trinajstić information content (AvgIpc) is 3.37. The summed E-state index contributed by atoms with van der Waals surface area (Å²) in [5, 5.41) is 1.19. The van der Waals surface area contributed by atoms with E-state index in [0.29, 0.717) is 0 Å². The van der Waals surface area contributed by atoms with Crippen molar-refractivity contribution in [2.24, 2.45) is 0 Å².